The average Bonchev–Trinajstić information content (AvgIpc) is 3.14. The minimum Gasteiger partial charge on any atom is -0.322 e. The van der Waals surface area contributed by atoms with Crippen molar-refractivity contribution >= 4 is 17.9 Å². The van der Waals surface area contributed by atoms with E-state index in [1.165, 1.54) is 0 Å². The van der Waals surface area contributed by atoms with Crippen molar-refractivity contribution in [2.24, 2.45) is 5.90 Å². The number of hydrogen-bond donors (Lipinski definition) is 4. The van der Waals surface area contributed by atoms with Crippen molar-refractivity contribution in [1.29, 1.82) is 0 Å². The quantitative estimate of drug-likeness (QED) is 0.434. The van der Waals surface area contributed by atoms with E-state index in [0.29, 0.717) is 28.9 Å². The molecule has 0 aliphatic heterocycles. The molecule has 0 saturated heterocycles. The van der Waals surface area contributed by atoms with E-state index in [4.69, 9.17) is 5.21 Å². The number of anilines is 1. The standard InChI is InChI=1S/C17H13N3O2.H3NO/c21-11-15-10-16(20-19-15)13-7-4-8-14(9-13)18-17(22)12-5-2-1-3-6-12;1-2/h1-11H,(H,18,22)(H,19,20);2H,1H2. The maximum Gasteiger partial charge on any atom is 0.255 e. The molecule has 0 atom stereocenters. The van der Waals surface area contributed by atoms with Gasteiger partial charge < -0.3 is 10.5 Å². The zero-order valence-electron chi connectivity index (χ0n) is 12.6. The first-order chi connectivity index (χ1) is 11.8. The number of aldehydes is 1. The Kier molecular flexibility index (Phi) is 5.95. The lowest BCUT2D eigenvalue weighted by molar-refractivity contribution is 0.102. The van der Waals surface area contributed by atoms with E-state index < -0.39 is 0 Å². The van der Waals surface area contributed by atoms with Crippen LogP contribution in [0.25, 0.3) is 11.3 Å². The van der Waals surface area contributed by atoms with Gasteiger partial charge in [0.05, 0.1) is 11.4 Å². The highest BCUT2D eigenvalue weighted by Crippen LogP contribution is 2.21. The van der Waals surface area contributed by atoms with Gasteiger partial charge in [0.1, 0.15) is 0 Å². The molecule has 7 nitrogen and oxygen atoms in total. The molecule has 5 N–H and O–H groups in total. The van der Waals surface area contributed by atoms with Crippen molar-refractivity contribution in [1.82, 2.24) is 10.2 Å². The summed E-state index contributed by atoms with van der Waals surface area (Å²) in [4.78, 5) is 22.8. The smallest absolute Gasteiger partial charge is 0.255 e. The fourth-order valence-electron chi connectivity index (χ4n) is 2.09. The summed E-state index contributed by atoms with van der Waals surface area (Å²) in [5, 5.41) is 16.0. The maximum atomic E-state index is 12.1. The number of nitrogens with two attached hydrogens (primary N) is 1. The Labute approximate surface area is 138 Å². The van der Waals surface area contributed by atoms with Crippen LogP contribution in [0.3, 0.4) is 0 Å². The first kappa shape index (κ1) is 17.1. The maximum absolute atomic E-state index is 12.1. The molecular formula is C17H16N4O3. The van der Waals surface area contributed by atoms with Crippen LogP contribution >= 0.6 is 0 Å². The summed E-state index contributed by atoms with van der Waals surface area (Å²) in [6, 6.07) is 18.0. The minimum atomic E-state index is -0.173. The topological polar surface area (TPSA) is 121 Å². The van der Waals surface area contributed by atoms with Crippen molar-refractivity contribution in [2.75, 3.05) is 5.32 Å². The Morgan fingerprint density at radius 1 is 1.08 bits per heavy atom. The summed E-state index contributed by atoms with van der Waals surface area (Å²) in [5.74, 6) is 3.33. The molecule has 122 valence electrons. The molecule has 0 aliphatic rings. The Morgan fingerprint density at radius 2 is 1.83 bits per heavy atom. The van der Waals surface area contributed by atoms with Gasteiger partial charge in [-0.05, 0) is 30.3 Å². The van der Waals surface area contributed by atoms with E-state index in [2.05, 4.69) is 21.4 Å². The third-order valence-corrected chi connectivity index (χ3v) is 3.18. The van der Waals surface area contributed by atoms with Gasteiger partial charge in [-0.15, -0.1) is 0 Å². The number of carbonyl (C=O) groups is 2. The third kappa shape index (κ3) is 4.13. The number of hydrogen-bond acceptors (Lipinski definition) is 5. The van der Waals surface area contributed by atoms with Gasteiger partial charge in [0.2, 0.25) is 0 Å². The highest BCUT2D eigenvalue weighted by molar-refractivity contribution is 6.04. The molecule has 0 aliphatic carbocycles. The molecule has 1 aromatic heterocycles. The average molecular weight is 324 g/mol. The number of aromatic amines is 1. The van der Waals surface area contributed by atoms with Crippen molar-refractivity contribution in [3.8, 4) is 11.3 Å². The first-order valence-electron chi connectivity index (χ1n) is 6.99. The lowest BCUT2D eigenvalue weighted by Gasteiger charge is -2.06. The van der Waals surface area contributed by atoms with Gasteiger partial charge in [0, 0.05) is 16.8 Å². The number of benzene rings is 2. The van der Waals surface area contributed by atoms with Gasteiger partial charge in [0.15, 0.2) is 6.29 Å². The number of aromatic nitrogens is 2. The number of nitrogens with zero attached hydrogens (tertiary/aromatic N) is 1. The van der Waals surface area contributed by atoms with Crippen LogP contribution in [0.4, 0.5) is 5.69 Å². The fourth-order valence-corrected chi connectivity index (χ4v) is 2.09. The summed E-state index contributed by atoms with van der Waals surface area (Å²) in [6.45, 7) is 0. The number of carbonyl (C=O) groups excluding carboxylic acids is 2. The predicted octanol–water partition coefficient (Wildman–Crippen LogP) is 2.48. The summed E-state index contributed by atoms with van der Waals surface area (Å²) >= 11 is 0. The fraction of sp³-hybridized carbons (Fsp3) is 0. The molecule has 1 amide bonds. The predicted molar refractivity (Wildman–Crippen MR) is 89.8 cm³/mol. The van der Waals surface area contributed by atoms with Crippen LogP contribution in [0.5, 0.6) is 0 Å². The van der Waals surface area contributed by atoms with E-state index in [0.717, 1.165) is 5.56 Å². The number of rotatable bonds is 4. The van der Waals surface area contributed by atoms with Crippen molar-refractivity contribution < 1.29 is 14.8 Å². The van der Waals surface area contributed by atoms with Crippen LogP contribution in [0, 0.1) is 0 Å². The molecule has 0 unspecified atom stereocenters. The van der Waals surface area contributed by atoms with E-state index >= 15 is 0 Å². The van der Waals surface area contributed by atoms with Gasteiger partial charge in [-0.1, -0.05) is 30.3 Å². The van der Waals surface area contributed by atoms with Gasteiger partial charge in [-0.2, -0.15) is 5.10 Å². The Bertz CT molecular complexity index is 815. The van der Waals surface area contributed by atoms with Gasteiger partial charge in [0.25, 0.3) is 5.91 Å². The largest absolute Gasteiger partial charge is 0.322 e. The lowest BCUT2D eigenvalue weighted by atomic mass is 10.1. The molecule has 0 fully saturated rings. The van der Waals surface area contributed by atoms with E-state index in [1.807, 2.05) is 36.4 Å². The van der Waals surface area contributed by atoms with E-state index in [-0.39, 0.29) is 5.91 Å². The molecule has 0 saturated carbocycles. The van der Waals surface area contributed by atoms with Crippen LogP contribution in [-0.2, 0) is 0 Å². The second-order valence-electron chi connectivity index (χ2n) is 4.73. The van der Waals surface area contributed by atoms with Crippen LogP contribution in [0.15, 0.2) is 60.7 Å². The molecule has 0 radical (unpaired) electrons. The van der Waals surface area contributed by atoms with Crippen molar-refractivity contribution in [3.05, 3.63) is 71.9 Å². The minimum absolute atomic E-state index is 0.173. The van der Waals surface area contributed by atoms with Gasteiger partial charge in [-0.3, -0.25) is 14.7 Å². The summed E-state index contributed by atoms with van der Waals surface area (Å²) in [7, 11) is 0. The van der Waals surface area contributed by atoms with Crippen LogP contribution in [0.1, 0.15) is 20.8 Å². The lowest BCUT2D eigenvalue weighted by Crippen LogP contribution is -2.11. The van der Waals surface area contributed by atoms with E-state index in [9.17, 15) is 9.59 Å². The Morgan fingerprint density at radius 3 is 2.50 bits per heavy atom. The van der Waals surface area contributed by atoms with Crippen LogP contribution in [-0.4, -0.2) is 27.6 Å². The summed E-state index contributed by atoms with van der Waals surface area (Å²) in [5.41, 5.74) is 3.14. The zero-order valence-corrected chi connectivity index (χ0v) is 12.6. The number of amides is 1. The van der Waals surface area contributed by atoms with Crippen molar-refractivity contribution in [2.45, 2.75) is 0 Å². The molecule has 3 rings (SSSR count). The second kappa shape index (κ2) is 8.37. The summed E-state index contributed by atoms with van der Waals surface area (Å²) < 4.78 is 0. The third-order valence-electron chi connectivity index (χ3n) is 3.18. The summed E-state index contributed by atoms with van der Waals surface area (Å²) in [6.07, 6.45) is 0.706. The molecule has 7 heteroatoms. The molecule has 3 aromatic rings. The Balaban J connectivity index is 0.00000100. The second-order valence-corrected chi connectivity index (χ2v) is 4.73. The van der Waals surface area contributed by atoms with Gasteiger partial charge in [-0.25, -0.2) is 5.90 Å². The molecule has 24 heavy (non-hydrogen) atoms. The normalized spacial score (nSPS) is 9.58. The molecule has 0 bridgehead atoms. The number of H-pyrrole nitrogens is 1. The van der Waals surface area contributed by atoms with Crippen LogP contribution < -0.4 is 11.2 Å². The SMILES string of the molecule is NO.O=Cc1cc(-c2cccc(NC(=O)c3ccccc3)c2)n[nH]1. The highest BCUT2D eigenvalue weighted by atomic mass is 16.4. The molecular weight excluding hydrogens is 308 g/mol. The van der Waals surface area contributed by atoms with Gasteiger partial charge >= 0.3 is 0 Å². The molecule has 0 spiro atoms. The van der Waals surface area contributed by atoms with E-state index in [1.54, 1.807) is 24.3 Å². The monoisotopic (exact) mass is 324 g/mol. The van der Waals surface area contributed by atoms with Crippen molar-refractivity contribution in [3.63, 3.8) is 0 Å². The van der Waals surface area contributed by atoms with Crippen LogP contribution in [0.2, 0.25) is 0 Å². The zero-order chi connectivity index (χ0) is 17.4. The molecule has 1 heterocycles. The molecule has 2 aromatic carbocycles. The number of nitrogens with one attached hydrogen (secondary N) is 2. The highest BCUT2D eigenvalue weighted by Gasteiger charge is 2.07. The Hall–Kier alpha value is -3.29. The first-order valence-corrected chi connectivity index (χ1v) is 6.99.